The third-order valence-electron chi connectivity index (χ3n) is 13.0. The molecule has 0 atom stereocenters. The first kappa shape index (κ1) is 34.6. The molecule has 0 saturated carbocycles. The van der Waals surface area contributed by atoms with Crippen LogP contribution < -0.4 is 0 Å². The Morgan fingerprint density at radius 3 is 1.29 bits per heavy atom. The summed E-state index contributed by atoms with van der Waals surface area (Å²) < 4.78 is 0. The van der Waals surface area contributed by atoms with Gasteiger partial charge in [0.1, 0.15) is 0 Å². The maximum atomic E-state index is 5.43. The second-order valence-electron chi connectivity index (χ2n) is 16.4. The van der Waals surface area contributed by atoms with Crippen molar-refractivity contribution in [1.29, 1.82) is 0 Å². The zero-order valence-electron chi connectivity index (χ0n) is 33.7. The largest absolute Gasteiger partial charge is 0.246 e. The van der Waals surface area contributed by atoms with Crippen LogP contribution in [0, 0.1) is 0 Å². The summed E-state index contributed by atoms with van der Waals surface area (Å²) in [6.07, 6.45) is 0. The van der Waals surface area contributed by atoms with Crippen molar-refractivity contribution in [2.24, 2.45) is 0 Å². The molecular formula is C60H36N2. The predicted molar refractivity (Wildman–Crippen MR) is 264 cm³/mol. The lowest BCUT2D eigenvalue weighted by atomic mass is 9.82. The summed E-state index contributed by atoms with van der Waals surface area (Å²) in [6, 6.07) is 79.5. The van der Waals surface area contributed by atoms with Gasteiger partial charge in [-0.05, 0) is 129 Å². The number of fused-ring (bicyclic) bond motifs is 11. The van der Waals surface area contributed by atoms with Crippen LogP contribution in [0.3, 0.4) is 0 Å². The Labute approximate surface area is 358 Å². The van der Waals surface area contributed by atoms with Crippen LogP contribution in [0.25, 0.3) is 131 Å². The standard InChI is InChI=1S/C60H36N2/c1-3-18-40-37(16-1)34-52(44-22-7-5-20-42(40)44)58-48-26-10-11-27-49(48)59(53-35-38-17-2-4-19-41(38)43-21-6-8-23-45(43)53)54-36-39(32-33-50(54)58)55-30-15-31-57(61-55)60-51-28-12-9-24-46(51)47-25-13-14-29-56(47)62-60/h1-36H. The zero-order valence-corrected chi connectivity index (χ0v) is 33.7. The van der Waals surface area contributed by atoms with Gasteiger partial charge >= 0.3 is 0 Å². The molecule has 62 heavy (non-hydrogen) atoms. The van der Waals surface area contributed by atoms with Gasteiger partial charge in [0.2, 0.25) is 0 Å². The molecule has 0 fully saturated rings. The molecule has 11 aromatic carbocycles. The summed E-state index contributed by atoms with van der Waals surface area (Å²) in [5.41, 5.74) is 9.60. The van der Waals surface area contributed by atoms with E-state index in [0.29, 0.717) is 0 Å². The summed E-state index contributed by atoms with van der Waals surface area (Å²) in [4.78, 5) is 10.7. The van der Waals surface area contributed by atoms with Crippen molar-refractivity contribution in [3.63, 3.8) is 0 Å². The van der Waals surface area contributed by atoms with Crippen molar-refractivity contribution < 1.29 is 0 Å². The van der Waals surface area contributed by atoms with E-state index in [1.54, 1.807) is 0 Å². The van der Waals surface area contributed by atoms with Gasteiger partial charge in [0.15, 0.2) is 0 Å². The van der Waals surface area contributed by atoms with Crippen LogP contribution in [0.15, 0.2) is 218 Å². The number of aromatic nitrogens is 2. The van der Waals surface area contributed by atoms with E-state index < -0.39 is 0 Å². The van der Waals surface area contributed by atoms with Gasteiger partial charge in [-0.15, -0.1) is 0 Å². The third kappa shape index (κ3) is 5.23. The summed E-state index contributed by atoms with van der Waals surface area (Å²) in [6.45, 7) is 0. The number of hydrogen-bond acceptors (Lipinski definition) is 2. The highest BCUT2D eigenvalue weighted by Crippen LogP contribution is 2.49. The number of pyridine rings is 2. The van der Waals surface area contributed by atoms with Gasteiger partial charge in [0.05, 0.1) is 22.6 Å². The smallest absolute Gasteiger partial charge is 0.0972 e. The molecule has 0 amide bonds. The quantitative estimate of drug-likeness (QED) is 0.131. The van der Waals surface area contributed by atoms with Crippen LogP contribution in [-0.2, 0) is 0 Å². The van der Waals surface area contributed by atoms with E-state index in [-0.39, 0.29) is 0 Å². The second-order valence-corrected chi connectivity index (χ2v) is 16.4. The SMILES string of the molecule is c1cc(-c2ccc3c(-c4cc5ccccc5c5ccccc45)c4ccccc4c(-c4cc5ccccc5c5ccccc45)c3c2)nc(-c2nc3ccccc3c3ccccc23)c1. The summed E-state index contributed by atoms with van der Waals surface area (Å²) in [7, 11) is 0. The van der Waals surface area contributed by atoms with Gasteiger partial charge in [-0.25, -0.2) is 9.97 Å². The monoisotopic (exact) mass is 784 g/mol. The Morgan fingerprint density at radius 1 is 0.242 bits per heavy atom. The Kier molecular flexibility index (Phi) is 7.64. The first-order chi connectivity index (χ1) is 30.8. The van der Waals surface area contributed by atoms with E-state index in [2.05, 4.69) is 218 Å². The topological polar surface area (TPSA) is 25.8 Å². The van der Waals surface area contributed by atoms with E-state index in [1.807, 2.05) is 0 Å². The second kappa shape index (κ2) is 13.7. The van der Waals surface area contributed by atoms with Crippen LogP contribution in [0.2, 0.25) is 0 Å². The lowest BCUT2D eigenvalue weighted by Gasteiger charge is -2.21. The highest BCUT2D eigenvalue weighted by Gasteiger charge is 2.22. The minimum Gasteiger partial charge on any atom is -0.246 e. The molecule has 13 rings (SSSR count). The lowest BCUT2D eigenvalue weighted by molar-refractivity contribution is 1.29. The van der Waals surface area contributed by atoms with Gasteiger partial charge in [-0.3, -0.25) is 0 Å². The van der Waals surface area contributed by atoms with Crippen molar-refractivity contribution in [2.75, 3.05) is 0 Å². The Bertz CT molecular complexity index is 3990. The van der Waals surface area contributed by atoms with Crippen LogP contribution in [0.4, 0.5) is 0 Å². The number of rotatable bonds is 4. The van der Waals surface area contributed by atoms with Crippen molar-refractivity contribution in [3.8, 4) is 44.9 Å². The molecule has 13 aromatic rings. The van der Waals surface area contributed by atoms with Crippen LogP contribution in [-0.4, -0.2) is 9.97 Å². The number of nitrogens with zero attached hydrogens (tertiary/aromatic N) is 2. The normalized spacial score (nSPS) is 11.9. The number of hydrogen-bond donors (Lipinski definition) is 0. The molecule has 0 aliphatic rings. The van der Waals surface area contributed by atoms with Gasteiger partial charge in [0.25, 0.3) is 0 Å². The Balaban J connectivity index is 1.14. The highest BCUT2D eigenvalue weighted by atomic mass is 14.8. The molecule has 0 unspecified atom stereocenters. The molecule has 0 N–H and O–H groups in total. The summed E-state index contributed by atoms with van der Waals surface area (Å²) >= 11 is 0. The minimum absolute atomic E-state index is 0.854. The maximum Gasteiger partial charge on any atom is 0.0972 e. The molecule has 0 aliphatic carbocycles. The van der Waals surface area contributed by atoms with E-state index in [4.69, 9.17) is 9.97 Å². The minimum atomic E-state index is 0.854. The van der Waals surface area contributed by atoms with Crippen LogP contribution >= 0.6 is 0 Å². The number of benzene rings is 11. The maximum absolute atomic E-state index is 5.43. The molecular weight excluding hydrogens is 749 g/mol. The Morgan fingerprint density at radius 2 is 0.677 bits per heavy atom. The van der Waals surface area contributed by atoms with Crippen molar-refractivity contribution in [3.05, 3.63) is 218 Å². The molecule has 0 aliphatic heterocycles. The van der Waals surface area contributed by atoms with Gasteiger partial charge in [-0.1, -0.05) is 182 Å². The van der Waals surface area contributed by atoms with Gasteiger partial charge in [0, 0.05) is 16.3 Å². The predicted octanol–water partition coefficient (Wildman–Crippen LogP) is 16.4. The molecule has 2 heteroatoms. The van der Waals surface area contributed by atoms with Gasteiger partial charge < -0.3 is 0 Å². The van der Waals surface area contributed by atoms with Crippen molar-refractivity contribution in [1.82, 2.24) is 9.97 Å². The summed E-state index contributed by atoms with van der Waals surface area (Å²) in [5, 5.41) is 18.2. The Hall–Kier alpha value is -8.20. The molecule has 0 bridgehead atoms. The van der Waals surface area contributed by atoms with E-state index >= 15 is 0 Å². The fourth-order valence-electron chi connectivity index (χ4n) is 10.3. The fraction of sp³-hybridized carbons (Fsp3) is 0. The molecule has 2 aromatic heterocycles. The highest BCUT2D eigenvalue weighted by molar-refractivity contribution is 6.28. The van der Waals surface area contributed by atoms with Crippen LogP contribution in [0.5, 0.6) is 0 Å². The average molecular weight is 785 g/mol. The molecule has 0 saturated heterocycles. The average Bonchev–Trinajstić information content (AvgIpc) is 3.35. The molecule has 0 spiro atoms. The van der Waals surface area contributed by atoms with Crippen molar-refractivity contribution >= 4 is 86.3 Å². The van der Waals surface area contributed by atoms with E-state index in [0.717, 1.165) is 38.9 Å². The fourth-order valence-corrected chi connectivity index (χ4v) is 10.3. The molecule has 0 radical (unpaired) electrons. The zero-order chi connectivity index (χ0) is 40.7. The first-order valence-electron chi connectivity index (χ1n) is 21.3. The van der Waals surface area contributed by atoms with Crippen molar-refractivity contribution in [2.45, 2.75) is 0 Å². The number of para-hydroxylation sites is 1. The first-order valence-corrected chi connectivity index (χ1v) is 21.3. The van der Waals surface area contributed by atoms with Gasteiger partial charge in [-0.2, -0.15) is 0 Å². The van der Waals surface area contributed by atoms with E-state index in [9.17, 15) is 0 Å². The molecule has 286 valence electrons. The summed E-state index contributed by atoms with van der Waals surface area (Å²) in [5.74, 6) is 0. The molecule has 2 heterocycles. The molecule has 2 nitrogen and oxygen atoms in total. The van der Waals surface area contributed by atoms with E-state index in [1.165, 1.54) is 92.3 Å². The third-order valence-corrected chi connectivity index (χ3v) is 13.0. The lowest BCUT2D eigenvalue weighted by Crippen LogP contribution is -1.95. The van der Waals surface area contributed by atoms with Crippen LogP contribution in [0.1, 0.15) is 0 Å².